The van der Waals surface area contributed by atoms with E-state index in [1.165, 1.54) is 0 Å². The summed E-state index contributed by atoms with van der Waals surface area (Å²) in [6, 6.07) is 3.88. The van der Waals surface area contributed by atoms with E-state index in [0.717, 1.165) is 10.6 Å². The highest BCUT2D eigenvalue weighted by Gasteiger charge is 2.06. The number of amides is 1. The molecule has 0 unspecified atom stereocenters. The Kier molecular flexibility index (Phi) is 3.36. The molecule has 16 heavy (non-hydrogen) atoms. The lowest BCUT2D eigenvalue weighted by Gasteiger charge is -2.00. The molecule has 0 aromatic carbocycles. The van der Waals surface area contributed by atoms with E-state index in [2.05, 4.69) is 10.3 Å². The van der Waals surface area contributed by atoms with E-state index in [1.807, 2.05) is 24.4 Å². The molecule has 0 aliphatic heterocycles. The van der Waals surface area contributed by atoms with E-state index in [0.29, 0.717) is 18.9 Å². The maximum Gasteiger partial charge on any atom is 0.225 e. The molecule has 0 saturated heterocycles. The molecule has 0 bridgehead atoms. The molecule has 1 amide bonds. The Bertz CT molecular complexity index is 462. The zero-order chi connectivity index (χ0) is 11.4. The summed E-state index contributed by atoms with van der Waals surface area (Å²) in [5.41, 5.74) is 0. The van der Waals surface area contributed by atoms with E-state index in [-0.39, 0.29) is 5.91 Å². The lowest BCUT2D eigenvalue weighted by atomic mass is 10.3. The van der Waals surface area contributed by atoms with Crippen LogP contribution in [0.5, 0.6) is 0 Å². The van der Waals surface area contributed by atoms with Crippen LogP contribution >= 0.6 is 11.3 Å². The molecule has 4 nitrogen and oxygen atoms in total. The highest BCUT2D eigenvalue weighted by atomic mass is 32.1. The predicted octanol–water partition coefficient (Wildman–Crippen LogP) is 1.90. The Labute approximate surface area is 97.3 Å². The summed E-state index contributed by atoms with van der Waals surface area (Å²) in [7, 11) is 0. The maximum absolute atomic E-state index is 11.5. The van der Waals surface area contributed by atoms with Gasteiger partial charge in [-0.15, -0.1) is 11.3 Å². The van der Waals surface area contributed by atoms with Gasteiger partial charge in [-0.3, -0.25) is 4.79 Å². The summed E-state index contributed by atoms with van der Waals surface area (Å²) in [4.78, 5) is 16.6. The smallest absolute Gasteiger partial charge is 0.225 e. The van der Waals surface area contributed by atoms with Gasteiger partial charge in [-0.25, -0.2) is 4.98 Å². The average Bonchev–Trinajstić information content (AvgIpc) is 2.87. The molecule has 0 spiro atoms. The first-order valence-corrected chi connectivity index (χ1v) is 5.82. The zero-order valence-electron chi connectivity index (χ0n) is 8.90. The largest absolute Gasteiger partial charge is 0.444 e. The number of aromatic nitrogens is 1. The first-order chi connectivity index (χ1) is 7.74. The summed E-state index contributed by atoms with van der Waals surface area (Å²) >= 11 is 1.58. The van der Waals surface area contributed by atoms with Gasteiger partial charge in [-0.2, -0.15) is 0 Å². The number of rotatable bonds is 4. The van der Waals surface area contributed by atoms with Crippen molar-refractivity contribution in [2.24, 2.45) is 0 Å². The van der Waals surface area contributed by atoms with E-state index in [1.54, 1.807) is 17.5 Å². The first-order valence-electron chi connectivity index (χ1n) is 4.94. The summed E-state index contributed by atoms with van der Waals surface area (Å²) < 4.78 is 5.25. The predicted molar refractivity (Wildman–Crippen MR) is 61.1 cm³/mol. The van der Waals surface area contributed by atoms with Gasteiger partial charge in [0.05, 0.1) is 19.2 Å². The fourth-order valence-electron chi connectivity index (χ4n) is 1.29. The molecule has 0 aliphatic carbocycles. The van der Waals surface area contributed by atoms with Crippen LogP contribution in [0.2, 0.25) is 0 Å². The Morgan fingerprint density at radius 2 is 2.50 bits per heavy atom. The normalized spacial score (nSPS) is 10.3. The topological polar surface area (TPSA) is 55.1 Å². The van der Waals surface area contributed by atoms with Crippen LogP contribution in [0.15, 0.2) is 28.1 Å². The Morgan fingerprint density at radius 3 is 3.12 bits per heavy atom. The Morgan fingerprint density at radius 1 is 1.62 bits per heavy atom. The Balaban J connectivity index is 1.80. The average molecular weight is 236 g/mol. The van der Waals surface area contributed by atoms with E-state index in [9.17, 15) is 4.79 Å². The monoisotopic (exact) mass is 236 g/mol. The number of hydrogen-bond acceptors (Lipinski definition) is 4. The van der Waals surface area contributed by atoms with E-state index in [4.69, 9.17) is 4.42 Å². The number of nitrogens with zero attached hydrogens (tertiary/aromatic N) is 1. The molecule has 2 aromatic heterocycles. The number of carbonyl (C=O) groups is 1. The van der Waals surface area contributed by atoms with Gasteiger partial charge in [0.25, 0.3) is 0 Å². The second-order valence-electron chi connectivity index (χ2n) is 3.40. The van der Waals surface area contributed by atoms with Crippen LogP contribution in [0.4, 0.5) is 0 Å². The van der Waals surface area contributed by atoms with Crippen molar-refractivity contribution in [2.75, 3.05) is 0 Å². The number of carbonyl (C=O) groups excluding carboxylic acids is 1. The van der Waals surface area contributed by atoms with Crippen molar-refractivity contribution in [1.82, 2.24) is 10.3 Å². The van der Waals surface area contributed by atoms with Crippen molar-refractivity contribution < 1.29 is 9.21 Å². The van der Waals surface area contributed by atoms with Crippen molar-refractivity contribution in [1.29, 1.82) is 0 Å². The standard InChI is InChI=1S/C11H12N2O2S/c1-8-6-13-11(15-8)7-12-10(14)5-9-3-2-4-16-9/h2-4,6H,5,7H2,1H3,(H,12,14). The van der Waals surface area contributed by atoms with Gasteiger partial charge in [-0.05, 0) is 18.4 Å². The van der Waals surface area contributed by atoms with Crippen molar-refractivity contribution in [3.05, 3.63) is 40.2 Å². The van der Waals surface area contributed by atoms with Crippen LogP contribution in [-0.2, 0) is 17.8 Å². The van der Waals surface area contributed by atoms with Gasteiger partial charge in [-0.1, -0.05) is 6.07 Å². The molecular weight excluding hydrogens is 224 g/mol. The summed E-state index contributed by atoms with van der Waals surface area (Å²) in [6.45, 7) is 2.17. The number of thiophene rings is 1. The molecule has 2 aromatic rings. The number of nitrogens with one attached hydrogen (secondary N) is 1. The van der Waals surface area contributed by atoms with Crippen LogP contribution in [0, 0.1) is 6.92 Å². The molecule has 0 fully saturated rings. The minimum absolute atomic E-state index is 0.0155. The van der Waals surface area contributed by atoms with Crippen LogP contribution in [0.1, 0.15) is 16.5 Å². The van der Waals surface area contributed by atoms with Gasteiger partial charge in [0.1, 0.15) is 5.76 Å². The van der Waals surface area contributed by atoms with Crippen molar-refractivity contribution in [3.63, 3.8) is 0 Å². The second kappa shape index (κ2) is 4.94. The molecule has 5 heteroatoms. The summed E-state index contributed by atoms with van der Waals surface area (Å²) in [6.07, 6.45) is 2.05. The molecule has 84 valence electrons. The highest BCUT2D eigenvalue weighted by Crippen LogP contribution is 2.09. The number of oxazole rings is 1. The van der Waals surface area contributed by atoms with Gasteiger partial charge < -0.3 is 9.73 Å². The third-order valence-electron chi connectivity index (χ3n) is 2.02. The molecule has 0 radical (unpaired) electrons. The molecule has 0 atom stereocenters. The van der Waals surface area contributed by atoms with Gasteiger partial charge in [0.2, 0.25) is 11.8 Å². The number of aryl methyl sites for hydroxylation is 1. The zero-order valence-corrected chi connectivity index (χ0v) is 9.71. The highest BCUT2D eigenvalue weighted by molar-refractivity contribution is 7.10. The lowest BCUT2D eigenvalue weighted by Crippen LogP contribution is -2.24. The molecule has 2 heterocycles. The van der Waals surface area contributed by atoms with Crippen LogP contribution < -0.4 is 5.32 Å². The van der Waals surface area contributed by atoms with Crippen LogP contribution in [0.3, 0.4) is 0 Å². The van der Waals surface area contributed by atoms with Crippen molar-refractivity contribution in [3.8, 4) is 0 Å². The molecule has 2 rings (SSSR count). The fraction of sp³-hybridized carbons (Fsp3) is 0.273. The van der Waals surface area contributed by atoms with Crippen LogP contribution in [-0.4, -0.2) is 10.9 Å². The molecular formula is C11H12N2O2S. The van der Waals surface area contributed by atoms with Gasteiger partial charge in [0, 0.05) is 4.88 Å². The minimum atomic E-state index is -0.0155. The van der Waals surface area contributed by atoms with Crippen molar-refractivity contribution in [2.45, 2.75) is 19.9 Å². The first kappa shape index (κ1) is 10.9. The molecule has 0 saturated carbocycles. The molecule has 1 N–H and O–H groups in total. The minimum Gasteiger partial charge on any atom is -0.444 e. The molecule has 0 aliphatic rings. The third kappa shape index (κ3) is 2.93. The van der Waals surface area contributed by atoms with Gasteiger partial charge >= 0.3 is 0 Å². The maximum atomic E-state index is 11.5. The van der Waals surface area contributed by atoms with Crippen LogP contribution in [0.25, 0.3) is 0 Å². The lowest BCUT2D eigenvalue weighted by molar-refractivity contribution is -0.120. The fourth-order valence-corrected chi connectivity index (χ4v) is 1.99. The van der Waals surface area contributed by atoms with E-state index >= 15 is 0 Å². The third-order valence-corrected chi connectivity index (χ3v) is 2.90. The summed E-state index contributed by atoms with van der Waals surface area (Å²) in [5.74, 6) is 1.28. The Hall–Kier alpha value is -1.62. The van der Waals surface area contributed by atoms with Crippen molar-refractivity contribution >= 4 is 17.2 Å². The number of hydrogen-bond donors (Lipinski definition) is 1. The van der Waals surface area contributed by atoms with Gasteiger partial charge in [0.15, 0.2) is 0 Å². The SMILES string of the molecule is Cc1cnc(CNC(=O)Cc2cccs2)o1. The quantitative estimate of drug-likeness (QED) is 0.882. The second-order valence-corrected chi connectivity index (χ2v) is 4.43. The van der Waals surface area contributed by atoms with E-state index < -0.39 is 0 Å². The summed E-state index contributed by atoms with van der Waals surface area (Å²) in [5, 5.41) is 4.72.